The van der Waals surface area contributed by atoms with Crippen LogP contribution < -0.4 is 15.2 Å². The van der Waals surface area contributed by atoms with Crippen molar-refractivity contribution in [3.8, 4) is 11.5 Å². The third-order valence-corrected chi connectivity index (χ3v) is 2.58. The van der Waals surface area contributed by atoms with Gasteiger partial charge in [0.05, 0.1) is 6.04 Å². The lowest BCUT2D eigenvalue weighted by Crippen LogP contribution is -2.17. The van der Waals surface area contributed by atoms with Gasteiger partial charge in [-0.3, -0.25) is 0 Å². The topological polar surface area (TPSA) is 83.4 Å². The van der Waals surface area contributed by atoms with E-state index in [0.29, 0.717) is 24.8 Å². The molecule has 1 aliphatic rings. The van der Waals surface area contributed by atoms with Crippen LogP contribution in [0.1, 0.15) is 17.4 Å². The van der Waals surface area contributed by atoms with Crippen LogP contribution in [0, 0.1) is 0 Å². The molecule has 1 aliphatic heterocycles. The number of benzene rings is 1. The fourth-order valence-corrected chi connectivity index (χ4v) is 1.72. The quantitative estimate of drug-likeness (QED) is 0.829. The predicted octanol–water partition coefficient (Wildman–Crippen LogP) is 0.889. The van der Waals surface area contributed by atoms with Gasteiger partial charge >= 0.3 is 0 Å². The van der Waals surface area contributed by atoms with Crippen molar-refractivity contribution in [2.24, 2.45) is 5.73 Å². The van der Waals surface area contributed by atoms with E-state index < -0.39 is 6.04 Å². The van der Waals surface area contributed by atoms with Crippen molar-refractivity contribution in [3.05, 3.63) is 36.0 Å². The van der Waals surface area contributed by atoms with Crippen molar-refractivity contribution < 1.29 is 14.0 Å². The smallest absolute Gasteiger partial charge is 0.213 e. The fraction of sp³-hybridized carbons (Fsp3) is 0.273. The molecule has 0 aliphatic carbocycles. The average molecular weight is 233 g/mol. The molecule has 1 atom stereocenters. The van der Waals surface area contributed by atoms with Gasteiger partial charge in [0, 0.05) is 0 Å². The Labute approximate surface area is 97.3 Å². The van der Waals surface area contributed by atoms with Crippen LogP contribution >= 0.6 is 0 Å². The lowest BCUT2D eigenvalue weighted by atomic mass is 10.1. The van der Waals surface area contributed by atoms with E-state index in [1.807, 2.05) is 18.2 Å². The molecule has 0 amide bonds. The number of nitrogens with zero attached hydrogens (tertiary/aromatic N) is 2. The summed E-state index contributed by atoms with van der Waals surface area (Å²) in [5.41, 5.74) is 6.87. The summed E-state index contributed by atoms with van der Waals surface area (Å²) in [5, 5.41) is 3.72. The molecule has 17 heavy (non-hydrogen) atoms. The van der Waals surface area contributed by atoms with Crippen molar-refractivity contribution in [1.29, 1.82) is 0 Å². The third-order valence-electron chi connectivity index (χ3n) is 2.58. The number of rotatable bonds is 2. The summed E-state index contributed by atoms with van der Waals surface area (Å²) in [6.07, 6.45) is 1.26. The lowest BCUT2D eigenvalue weighted by Gasteiger charge is -2.19. The molecule has 0 saturated heterocycles. The second kappa shape index (κ2) is 4.06. The first-order chi connectivity index (χ1) is 8.34. The Bertz CT molecular complexity index is 513. The predicted molar refractivity (Wildman–Crippen MR) is 57.8 cm³/mol. The number of hydrogen-bond acceptors (Lipinski definition) is 6. The molecule has 3 rings (SSSR count). The molecule has 1 aromatic heterocycles. The molecule has 2 heterocycles. The van der Waals surface area contributed by atoms with Gasteiger partial charge in [0.2, 0.25) is 6.39 Å². The van der Waals surface area contributed by atoms with Crippen LogP contribution in [0.2, 0.25) is 0 Å². The van der Waals surface area contributed by atoms with E-state index >= 15 is 0 Å². The van der Waals surface area contributed by atoms with Gasteiger partial charge in [-0.1, -0.05) is 11.2 Å². The molecule has 0 saturated carbocycles. The SMILES string of the molecule is NC(c1ccc2c(c1)OCCO2)c1ncon1. The molecule has 0 fully saturated rings. The molecule has 2 N–H and O–H groups in total. The van der Waals surface area contributed by atoms with E-state index in [0.717, 1.165) is 11.3 Å². The number of hydrogen-bond donors (Lipinski definition) is 1. The maximum absolute atomic E-state index is 6.01. The minimum absolute atomic E-state index is 0.426. The van der Waals surface area contributed by atoms with Crippen LogP contribution in [0.3, 0.4) is 0 Å². The highest BCUT2D eigenvalue weighted by molar-refractivity contribution is 5.45. The van der Waals surface area contributed by atoms with Gasteiger partial charge in [0.25, 0.3) is 0 Å². The molecule has 6 heteroatoms. The Kier molecular flexibility index (Phi) is 2.41. The van der Waals surface area contributed by atoms with E-state index in [1.165, 1.54) is 6.39 Å². The van der Waals surface area contributed by atoms with Crippen molar-refractivity contribution in [3.63, 3.8) is 0 Å². The average Bonchev–Trinajstić information content (AvgIpc) is 2.91. The number of ether oxygens (including phenoxy) is 2. The molecule has 0 spiro atoms. The van der Waals surface area contributed by atoms with E-state index in [2.05, 4.69) is 14.7 Å². The van der Waals surface area contributed by atoms with Gasteiger partial charge < -0.3 is 19.7 Å². The zero-order valence-electron chi connectivity index (χ0n) is 9.00. The highest BCUT2D eigenvalue weighted by atomic mass is 16.6. The normalized spacial score (nSPS) is 15.6. The minimum atomic E-state index is -0.426. The summed E-state index contributed by atoms with van der Waals surface area (Å²) in [6, 6.07) is 5.12. The molecule has 1 unspecified atom stereocenters. The Morgan fingerprint density at radius 1 is 1.18 bits per heavy atom. The van der Waals surface area contributed by atoms with E-state index in [4.69, 9.17) is 15.2 Å². The maximum atomic E-state index is 6.01. The Morgan fingerprint density at radius 3 is 2.76 bits per heavy atom. The summed E-state index contributed by atoms with van der Waals surface area (Å²) in [4.78, 5) is 3.93. The largest absolute Gasteiger partial charge is 0.486 e. The van der Waals surface area contributed by atoms with Crippen LogP contribution in [-0.2, 0) is 0 Å². The summed E-state index contributed by atoms with van der Waals surface area (Å²) in [7, 11) is 0. The van der Waals surface area contributed by atoms with Gasteiger partial charge in [-0.15, -0.1) is 0 Å². The van der Waals surface area contributed by atoms with E-state index in [9.17, 15) is 0 Å². The molecule has 88 valence electrons. The highest BCUT2D eigenvalue weighted by Gasteiger charge is 2.18. The van der Waals surface area contributed by atoms with Crippen LogP contribution in [0.15, 0.2) is 29.1 Å². The summed E-state index contributed by atoms with van der Waals surface area (Å²) in [5.74, 6) is 1.88. The summed E-state index contributed by atoms with van der Waals surface area (Å²) >= 11 is 0. The Hall–Kier alpha value is -2.08. The minimum Gasteiger partial charge on any atom is -0.486 e. The van der Waals surface area contributed by atoms with Crippen LogP contribution in [0.25, 0.3) is 0 Å². The van der Waals surface area contributed by atoms with Crippen molar-refractivity contribution in [2.75, 3.05) is 13.2 Å². The zero-order chi connectivity index (χ0) is 11.7. The van der Waals surface area contributed by atoms with Crippen LogP contribution in [-0.4, -0.2) is 23.4 Å². The Morgan fingerprint density at radius 2 is 2.00 bits per heavy atom. The Balaban J connectivity index is 1.93. The molecule has 0 bridgehead atoms. The maximum Gasteiger partial charge on any atom is 0.213 e. The molecular weight excluding hydrogens is 222 g/mol. The molecular formula is C11H11N3O3. The van der Waals surface area contributed by atoms with Gasteiger partial charge in [-0.05, 0) is 17.7 Å². The van der Waals surface area contributed by atoms with Crippen molar-refractivity contribution >= 4 is 0 Å². The standard InChI is InChI=1S/C11H11N3O3/c12-10(11-13-6-17-14-11)7-1-2-8-9(5-7)16-4-3-15-8/h1-2,5-6,10H,3-4,12H2. The van der Waals surface area contributed by atoms with Gasteiger partial charge in [0.15, 0.2) is 17.3 Å². The number of aromatic nitrogens is 2. The molecule has 0 radical (unpaired) electrons. The lowest BCUT2D eigenvalue weighted by molar-refractivity contribution is 0.171. The van der Waals surface area contributed by atoms with Gasteiger partial charge in [0.1, 0.15) is 13.2 Å². The van der Waals surface area contributed by atoms with Gasteiger partial charge in [-0.25, -0.2) is 0 Å². The summed E-state index contributed by atoms with van der Waals surface area (Å²) < 4.78 is 15.6. The number of nitrogens with two attached hydrogens (primary N) is 1. The first kappa shape index (κ1) is 10.1. The first-order valence-corrected chi connectivity index (χ1v) is 5.26. The monoisotopic (exact) mass is 233 g/mol. The highest BCUT2D eigenvalue weighted by Crippen LogP contribution is 2.32. The van der Waals surface area contributed by atoms with Crippen molar-refractivity contribution in [2.45, 2.75) is 6.04 Å². The first-order valence-electron chi connectivity index (χ1n) is 5.26. The van der Waals surface area contributed by atoms with E-state index in [-0.39, 0.29) is 0 Å². The van der Waals surface area contributed by atoms with Crippen LogP contribution in [0.4, 0.5) is 0 Å². The van der Waals surface area contributed by atoms with E-state index in [1.54, 1.807) is 0 Å². The van der Waals surface area contributed by atoms with Crippen LogP contribution in [0.5, 0.6) is 11.5 Å². The summed E-state index contributed by atoms with van der Waals surface area (Å²) in [6.45, 7) is 1.12. The number of fused-ring (bicyclic) bond motifs is 1. The van der Waals surface area contributed by atoms with Crippen molar-refractivity contribution in [1.82, 2.24) is 10.1 Å². The molecule has 1 aromatic carbocycles. The fourth-order valence-electron chi connectivity index (χ4n) is 1.72. The van der Waals surface area contributed by atoms with Gasteiger partial charge in [-0.2, -0.15) is 4.98 Å². The second-order valence-corrected chi connectivity index (χ2v) is 3.67. The third kappa shape index (κ3) is 1.83. The molecule has 2 aromatic rings. The zero-order valence-corrected chi connectivity index (χ0v) is 9.00. The second-order valence-electron chi connectivity index (χ2n) is 3.67. The molecule has 6 nitrogen and oxygen atoms in total.